The standard InChI is InChI=1S/C29H30N2O4/c32-29(33)35-24-12-13-28-27(19-24)26(25-10-5-4-9-23(25)21-34-28)11-6-14-30-15-17-31(18-16-30)20-22-7-2-1-3-8-22/h1-5,7-13,19H,6,14-18,20-21H2,(H,32,33). The van der Waals surface area contributed by atoms with Crippen LogP contribution in [0, 0.1) is 0 Å². The molecule has 35 heavy (non-hydrogen) atoms. The topological polar surface area (TPSA) is 62.2 Å². The Morgan fingerprint density at radius 3 is 2.46 bits per heavy atom. The van der Waals surface area contributed by atoms with Crippen LogP contribution in [0.15, 0.2) is 78.9 Å². The van der Waals surface area contributed by atoms with E-state index in [9.17, 15) is 4.79 Å². The molecule has 0 atom stereocenters. The van der Waals surface area contributed by atoms with Gasteiger partial charge in [0.1, 0.15) is 18.1 Å². The molecule has 0 radical (unpaired) electrons. The zero-order valence-electron chi connectivity index (χ0n) is 19.7. The summed E-state index contributed by atoms with van der Waals surface area (Å²) in [4.78, 5) is 16.1. The molecule has 6 heteroatoms. The molecule has 0 aliphatic carbocycles. The summed E-state index contributed by atoms with van der Waals surface area (Å²) in [5, 5.41) is 9.06. The molecule has 2 heterocycles. The first-order valence-corrected chi connectivity index (χ1v) is 12.1. The minimum absolute atomic E-state index is 0.291. The number of fused-ring (bicyclic) bond motifs is 2. The van der Waals surface area contributed by atoms with Crippen molar-refractivity contribution in [3.8, 4) is 11.5 Å². The monoisotopic (exact) mass is 470 g/mol. The predicted molar refractivity (Wildman–Crippen MR) is 136 cm³/mol. The van der Waals surface area contributed by atoms with E-state index in [1.54, 1.807) is 18.2 Å². The van der Waals surface area contributed by atoms with Gasteiger partial charge in [0, 0.05) is 44.8 Å². The van der Waals surface area contributed by atoms with Crippen LogP contribution < -0.4 is 9.47 Å². The van der Waals surface area contributed by atoms with Crippen molar-refractivity contribution in [3.63, 3.8) is 0 Å². The van der Waals surface area contributed by atoms with Crippen molar-refractivity contribution in [1.29, 1.82) is 0 Å². The molecule has 3 aromatic rings. The summed E-state index contributed by atoms with van der Waals surface area (Å²) in [6, 6.07) is 24.1. The van der Waals surface area contributed by atoms with E-state index >= 15 is 0 Å². The Kier molecular flexibility index (Phi) is 7.12. The van der Waals surface area contributed by atoms with Gasteiger partial charge in [0.2, 0.25) is 0 Å². The first-order valence-electron chi connectivity index (χ1n) is 12.1. The van der Waals surface area contributed by atoms with E-state index in [2.05, 4.69) is 58.3 Å². The number of ether oxygens (including phenoxy) is 2. The zero-order valence-corrected chi connectivity index (χ0v) is 19.7. The number of nitrogens with zero attached hydrogens (tertiary/aromatic N) is 2. The highest BCUT2D eigenvalue weighted by Crippen LogP contribution is 2.39. The van der Waals surface area contributed by atoms with E-state index in [0.29, 0.717) is 12.4 Å². The van der Waals surface area contributed by atoms with Gasteiger partial charge < -0.3 is 19.5 Å². The second-order valence-electron chi connectivity index (χ2n) is 8.98. The maximum atomic E-state index is 11.1. The number of rotatable bonds is 6. The van der Waals surface area contributed by atoms with Crippen molar-refractivity contribution in [2.75, 3.05) is 32.7 Å². The van der Waals surface area contributed by atoms with Crippen LogP contribution in [0.25, 0.3) is 5.57 Å². The van der Waals surface area contributed by atoms with Gasteiger partial charge in [0.15, 0.2) is 0 Å². The molecule has 1 fully saturated rings. The molecular formula is C29H30N2O4. The lowest BCUT2D eigenvalue weighted by Gasteiger charge is -2.34. The summed E-state index contributed by atoms with van der Waals surface area (Å²) in [5.74, 6) is 1.03. The van der Waals surface area contributed by atoms with E-state index in [4.69, 9.17) is 14.6 Å². The van der Waals surface area contributed by atoms with E-state index in [1.807, 2.05) is 12.1 Å². The van der Waals surface area contributed by atoms with Gasteiger partial charge in [-0.25, -0.2) is 4.79 Å². The fraction of sp³-hybridized carbons (Fsp3) is 0.276. The van der Waals surface area contributed by atoms with E-state index in [0.717, 1.165) is 73.7 Å². The molecule has 0 aromatic heterocycles. The summed E-state index contributed by atoms with van der Waals surface area (Å²) in [5.41, 5.74) is 5.52. The van der Waals surface area contributed by atoms with Crippen LogP contribution in [-0.2, 0) is 13.2 Å². The molecule has 2 aliphatic rings. The molecule has 0 saturated carbocycles. The molecule has 1 saturated heterocycles. The van der Waals surface area contributed by atoms with Crippen molar-refractivity contribution in [1.82, 2.24) is 9.80 Å². The maximum Gasteiger partial charge on any atom is 0.511 e. The molecule has 6 nitrogen and oxygen atoms in total. The number of carbonyl (C=O) groups is 1. The first kappa shape index (κ1) is 23.1. The minimum atomic E-state index is -1.32. The number of hydrogen-bond acceptors (Lipinski definition) is 5. The Bertz CT molecular complexity index is 1200. The smallest absolute Gasteiger partial charge is 0.488 e. The highest BCUT2D eigenvalue weighted by Gasteiger charge is 2.21. The van der Waals surface area contributed by atoms with Gasteiger partial charge in [-0.15, -0.1) is 0 Å². The number of carboxylic acid groups (broad SMARTS) is 1. The Hall–Kier alpha value is -3.61. The average molecular weight is 471 g/mol. The minimum Gasteiger partial charge on any atom is -0.488 e. The van der Waals surface area contributed by atoms with Crippen molar-refractivity contribution in [2.24, 2.45) is 0 Å². The van der Waals surface area contributed by atoms with Gasteiger partial charge in [0.25, 0.3) is 0 Å². The SMILES string of the molecule is O=C(O)Oc1ccc2c(c1)C(=CCCN1CCN(Cc3ccccc3)CC1)c1ccccc1CO2. The molecule has 3 aromatic carbocycles. The molecule has 0 spiro atoms. The fourth-order valence-electron chi connectivity index (χ4n) is 4.84. The van der Waals surface area contributed by atoms with Gasteiger partial charge in [-0.2, -0.15) is 0 Å². The average Bonchev–Trinajstić information content (AvgIpc) is 3.02. The molecule has 0 amide bonds. The van der Waals surface area contributed by atoms with Crippen LogP contribution in [-0.4, -0.2) is 53.8 Å². The van der Waals surface area contributed by atoms with Crippen LogP contribution in [0.5, 0.6) is 11.5 Å². The third-order valence-electron chi connectivity index (χ3n) is 6.64. The van der Waals surface area contributed by atoms with Gasteiger partial charge >= 0.3 is 6.16 Å². The third kappa shape index (κ3) is 5.73. The molecule has 5 rings (SSSR count). The number of piperazine rings is 1. The second kappa shape index (κ2) is 10.8. The maximum absolute atomic E-state index is 11.1. The van der Waals surface area contributed by atoms with Crippen molar-refractivity contribution < 1.29 is 19.4 Å². The quantitative estimate of drug-likeness (QED) is 0.391. The van der Waals surface area contributed by atoms with Crippen molar-refractivity contribution >= 4 is 11.7 Å². The summed E-state index contributed by atoms with van der Waals surface area (Å²) in [6.45, 7) is 6.72. The van der Waals surface area contributed by atoms with Gasteiger partial charge in [-0.3, -0.25) is 4.90 Å². The van der Waals surface area contributed by atoms with Crippen LogP contribution in [0.3, 0.4) is 0 Å². The zero-order chi connectivity index (χ0) is 24.0. The molecular weight excluding hydrogens is 440 g/mol. The summed E-state index contributed by atoms with van der Waals surface area (Å²) in [6.07, 6.45) is 1.83. The van der Waals surface area contributed by atoms with Gasteiger partial charge in [0.05, 0.1) is 0 Å². The lowest BCUT2D eigenvalue weighted by atomic mass is 9.93. The molecule has 0 unspecified atom stereocenters. The number of benzene rings is 3. The summed E-state index contributed by atoms with van der Waals surface area (Å²) in [7, 11) is 0. The van der Waals surface area contributed by atoms with Crippen LogP contribution in [0.2, 0.25) is 0 Å². The molecule has 2 aliphatic heterocycles. The highest BCUT2D eigenvalue weighted by atomic mass is 16.7. The van der Waals surface area contributed by atoms with Crippen molar-refractivity contribution in [3.05, 3.63) is 101 Å². The van der Waals surface area contributed by atoms with Gasteiger partial charge in [-0.1, -0.05) is 60.7 Å². The summed E-state index contributed by atoms with van der Waals surface area (Å²) < 4.78 is 11.0. The first-order chi connectivity index (χ1) is 17.2. The van der Waals surface area contributed by atoms with Gasteiger partial charge in [-0.05, 0) is 46.9 Å². The predicted octanol–water partition coefficient (Wildman–Crippen LogP) is 5.28. The van der Waals surface area contributed by atoms with E-state index in [-0.39, 0.29) is 0 Å². The molecule has 180 valence electrons. The van der Waals surface area contributed by atoms with Crippen LogP contribution >= 0.6 is 0 Å². The van der Waals surface area contributed by atoms with Crippen molar-refractivity contribution in [2.45, 2.75) is 19.6 Å². The number of hydrogen-bond donors (Lipinski definition) is 1. The Balaban J connectivity index is 1.29. The highest BCUT2D eigenvalue weighted by molar-refractivity contribution is 5.85. The van der Waals surface area contributed by atoms with E-state index in [1.165, 1.54) is 5.56 Å². The third-order valence-corrected chi connectivity index (χ3v) is 6.64. The fourth-order valence-corrected chi connectivity index (χ4v) is 4.84. The molecule has 0 bridgehead atoms. The summed E-state index contributed by atoms with van der Waals surface area (Å²) >= 11 is 0. The normalized spacial score (nSPS) is 17.2. The van der Waals surface area contributed by atoms with E-state index < -0.39 is 6.16 Å². The largest absolute Gasteiger partial charge is 0.511 e. The molecule has 1 N–H and O–H groups in total. The van der Waals surface area contributed by atoms with Crippen LogP contribution in [0.1, 0.15) is 28.7 Å². The lowest BCUT2D eigenvalue weighted by Crippen LogP contribution is -2.46. The van der Waals surface area contributed by atoms with Crippen LogP contribution in [0.4, 0.5) is 4.79 Å². The Morgan fingerprint density at radius 1 is 0.914 bits per heavy atom. The Labute approximate surface area is 206 Å². The Morgan fingerprint density at radius 2 is 1.66 bits per heavy atom. The lowest BCUT2D eigenvalue weighted by molar-refractivity contribution is 0.129. The second-order valence-corrected chi connectivity index (χ2v) is 8.98.